The number of methoxy groups -OCH3 is 2. The normalized spacial score (nSPS) is 13.3. The monoisotopic (exact) mass is 535 g/mol. The Morgan fingerprint density at radius 2 is 1.78 bits per heavy atom. The van der Waals surface area contributed by atoms with Gasteiger partial charge in [-0.2, -0.15) is 0 Å². The van der Waals surface area contributed by atoms with Gasteiger partial charge in [0.1, 0.15) is 28.5 Å². The summed E-state index contributed by atoms with van der Waals surface area (Å²) in [6.07, 6.45) is 0.0255. The van der Waals surface area contributed by atoms with Crippen molar-refractivity contribution in [2.45, 2.75) is 25.2 Å². The van der Waals surface area contributed by atoms with Gasteiger partial charge in [0.25, 0.3) is 0 Å². The van der Waals surface area contributed by atoms with Crippen LogP contribution in [0.3, 0.4) is 0 Å². The first-order chi connectivity index (χ1) is 17.2. The number of para-hydroxylation sites is 1. The van der Waals surface area contributed by atoms with Gasteiger partial charge in [-0.3, -0.25) is 9.29 Å². The third-order valence-corrected chi connectivity index (χ3v) is 7.83. The highest BCUT2D eigenvalue weighted by Gasteiger charge is 2.34. The quantitative estimate of drug-likeness (QED) is 0.327. The van der Waals surface area contributed by atoms with E-state index >= 15 is 0 Å². The van der Waals surface area contributed by atoms with E-state index in [1.807, 2.05) is 12.3 Å². The highest BCUT2D eigenvalue weighted by atomic mass is 32.2. The molecule has 3 heterocycles. The summed E-state index contributed by atoms with van der Waals surface area (Å²) < 4.78 is 54.5. The summed E-state index contributed by atoms with van der Waals surface area (Å²) in [5.74, 6) is -0.207. The molecule has 4 rings (SSSR count). The molecule has 36 heavy (non-hydrogen) atoms. The number of nitrogens with one attached hydrogen (secondary N) is 1. The minimum atomic E-state index is -4.30. The van der Waals surface area contributed by atoms with Gasteiger partial charge < -0.3 is 14.6 Å². The van der Waals surface area contributed by atoms with E-state index in [2.05, 4.69) is 29.9 Å². The number of ether oxygens (including phenoxy) is 2. The van der Waals surface area contributed by atoms with Crippen LogP contribution in [-0.2, 0) is 10.0 Å². The number of hydrogen-bond donors (Lipinski definition) is 2. The predicted octanol–water partition coefficient (Wildman–Crippen LogP) is 2.51. The number of anilines is 1. The Morgan fingerprint density at radius 3 is 2.33 bits per heavy atom. The number of aliphatic hydroxyl groups excluding tert-OH is 1. The highest BCUT2D eigenvalue weighted by Crippen LogP contribution is 2.38. The summed E-state index contributed by atoms with van der Waals surface area (Å²) in [5, 5.41) is 19.7. The number of rotatable bonds is 9. The minimum absolute atomic E-state index is 0.195. The van der Waals surface area contributed by atoms with Crippen LogP contribution in [0.5, 0.6) is 11.5 Å². The lowest BCUT2D eigenvalue weighted by molar-refractivity contribution is 0.166. The molecule has 2 atom stereocenters. The molecule has 190 valence electrons. The summed E-state index contributed by atoms with van der Waals surface area (Å²) in [6.45, 7) is 3.07. The Hall–Kier alpha value is -3.69. The van der Waals surface area contributed by atoms with Crippen LogP contribution in [0.1, 0.15) is 24.5 Å². The number of halogens is 1. The van der Waals surface area contributed by atoms with Gasteiger partial charge in [0.15, 0.2) is 22.5 Å². The van der Waals surface area contributed by atoms with Crippen LogP contribution < -0.4 is 14.2 Å². The molecule has 0 spiro atoms. The molecule has 0 aliphatic carbocycles. The van der Waals surface area contributed by atoms with Crippen LogP contribution in [0, 0.1) is 12.7 Å². The number of aryl methyl sites for hydroxylation is 1. The van der Waals surface area contributed by atoms with Gasteiger partial charge in [-0.15, -0.1) is 21.5 Å². The summed E-state index contributed by atoms with van der Waals surface area (Å²) in [7, 11) is -1.38. The van der Waals surface area contributed by atoms with Crippen molar-refractivity contribution in [2.75, 3.05) is 18.9 Å². The van der Waals surface area contributed by atoms with Gasteiger partial charge in [0.2, 0.25) is 16.0 Å². The molecule has 0 unspecified atom stereocenters. The lowest BCUT2D eigenvalue weighted by Gasteiger charge is -2.20. The fraction of sp³-hybridized carbons (Fsp3) is 0.286. The summed E-state index contributed by atoms with van der Waals surface area (Å²) >= 11 is 1.30. The maximum atomic E-state index is 13.3. The molecule has 15 heteroatoms. The number of thiazole rings is 1. The first kappa shape index (κ1) is 25.4. The van der Waals surface area contributed by atoms with E-state index < -0.39 is 27.2 Å². The van der Waals surface area contributed by atoms with Crippen molar-refractivity contribution in [3.8, 4) is 28.0 Å². The van der Waals surface area contributed by atoms with E-state index in [-0.39, 0.29) is 17.6 Å². The highest BCUT2D eigenvalue weighted by molar-refractivity contribution is 7.93. The van der Waals surface area contributed by atoms with E-state index in [0.717, 1.165) is 18.1 Å². The molecule has 12 nitrogen and oxygen atoms in total. The van der Waals surface area contributed by atoms with Gasteiger partial charge in [0.05, 0.1) is 26.6 Å². The predicted molar refractivity (Wildman–Crippen MR) is 129 cm³/mol. The Labute approximate surface area is 209 Å². The van der Waals surface area contributed by atoms with E-state index in [9.17, 15) is 17.9 Å². The number of hydrogen-bond acceptors (Lipinski definition) is 11. The summed E-state index contributed by atoms with van der Waals surface area (Å²) in [5.41, 5.74) is 1.08. The molecule has 0 amide bonds. The first-order valence-corrected chi connectivity index (χ1v) is 12.8. The van der Waals surface area contributed by atoms with Crippen molar-refractivity contribution >= 4 is 27.3 Å². The van der Waals surface area contributed by atoms with Crippen molar-refractivity contribution in [1.29, 1.82) is 0 Å². The number of aliphatic hydroxyl groups is 1. The average molecular weight is 536 g/mol. The molecular formula is C21H22FN7O5S2. The van der Waals surface area contributed by atoms with Gasteiger partial charge >= 0.3 is 0 Å². The van der Waals surface area contributed by atoms with Crippen LogP contribution in [0.15, 0.2) is 36.0 Å². The fourth-order valence-electron chi connectivity index (χ4n) is 3.28. The molecule has 0 fully saturated rings. The Balaban J connectivity index is 1.81. The molecule has 0 radical (unpaired) electrons. The number of sulfonamides is 1. The molecule has 1 aromatic carbocycles. The third-order valence-electron chi connectivity index (χ3n) is 5.17. The second-order valence-electron chi connectivity index (χ2n) is 7.54. The van der Waals surface area contributed by atoms with E-state index in [1.165, 1.54) is 37.0 Å². The second kappa shape index (κ2) is 10.1. The Kier molecular flexibility index (Phi) is 7.14. The lowest BCUT2D eigenvalue weighted by Crippen LogP contribution is -2.32. The van der Waals surface area contributed by atoms with Crippen LogP contribution in [0.25, 0.3) is 16.5 Å². The van der Waals surface area contributed by atoms with Gasteiger partial charge in [0, 0.05) is 11.1 Å². The number of aromatic nitrogens is 6. The maximum Gasteiger partial charge on any atom is 0.243 e. The molecule has 0 saturated carbocycles. The SMILES string of the molecule is COc1cccc(OC)c1-n1c(NS(=O)(=O)[C@H](C)[C@H](O)c2ncc(F)cn2)nnc1-c1nc(C)cs1. The van der Waals surface area contributed by atoms with Crippen molar-refractivity contribution in [3.05, 3.63) is 53.3 Å². The molecule has 0 aliphatic heterocycles. The second-order valence-corrected chi connectivity index (χ2v) is 10.4. The zero-order valence-corrected chi connectivity index (χ0v) is 21.2. The zero-order chi connectivity index (χ0) is 26.0. The van der Waals surface area contributed by atoms with E-state index in [0.29, 0.717) is 22.2 Å². The smallest absolute Gasteiger partial charge is 0.243 e. The van der Waals surface area contributed by atoms with Gasteiger partial charge in [-0.05, 0) is 26.0 Å². The Morgan fingerprint density at radius 1 is 1.14 bits per heavy atom. The molecule has 0 bridgehead atoms. The zero-order valence-electron chi connectivity index (χ0n) is 19.6. The molecule has 0 aliphatic rings. The topological polar surface area (TPSA) is 154 Å². The van der Waals surface area contributed by atoms with Gasteiger partial charge in [-0.25, -0.2) is 27.8 Å². The molecule has 0 saturated heterocycles. The summed E-state index contributed by atoms with van der Waals surface area (Å²) in [6, 6.07) is 5.06. The average Bonchev–Trinajstić information content (AvgIpc) is 3.48. The fourth-order valence-corrected chi connectivity index (χ4v) is 5.09. The molecule has 4 aromatic rings. The van der Waals surface area contributed by atoms with E-state index in [1.54, 1.807) is 18.2 Å². The molecule has 2 N–H and O–H groups in total. The van der Waals surface area contributed by atoms with Crippen LogP contribution in [0.4, 0.5) is 10.3 Å². The van der Waals surface area contributed by atoms with Crippen molar-refractivity contribution in [2.24, 2.45) is 0 Å². The van der Waals surface area contributed by atoms with Gasteiger partial charge in [-0.1, -0.05) is 6.07 Å². The standard InChI is InChI=1S/C21H22FN7O5S2/c1-11-10-35-20(25-11)19-26-27-21(29(19)16-14(33-3)6-5-7-15(16)34-4)28-36(31,32)12(2)17(30)18-23-8-13(22)9-24-18/h5-10,12,17,30H,1-4H3,(H,27,28)/t12-,17+/m1/s1. The largest absolute Gasteiger partial charge is 0.494 e. The summed E-state index contributed by atoms with van der Waals surface area (Å²) in [4.78, 5) is 11.8. The number of nitrogens with zero attached hydrogens (tertiary/aromatic N) is 6. The lowest BCUT2D eigenvalue weighted by atomic mass is 10.2. The van der Waals surface area contributed by atoms with Crippen LogP contribution in [0.2, 0.25) is 0 Å². The van der Waals surface area contributed by atoms with Crippen LogP contribution in [-0.4, -0.2) is 62.7 Å². The first-order valence-electron chi connectivity index (χ1n) is 10.4. The van der Waals surface area contributed by atoms with Crippen LogP contribution >= 0.6 is 11.3 Å². The van der Waals surface area contributed by atoms with E-state index in [4.69, 9.17) is 9.47 Å². The van der Waals surface area contributed by atoms with Crippen molar-refractivity contribution < 1.29 is 27.4 Å². The van der Waals surface area contributed by atoms with Crippen molar-refractivity contribution in [1.82, 2.24) is 29.7 Å². The minimum Gasteiger partial charge on any atom is -0.494 e. The number of benzene rings is 1. The molecule has 3 aromatic heterocycles. The third kappa shape index (κ3) is 4.84. The van der Waals surface area contributed by atoms with Crippen molar-refractivity contribution in [3.63, 3.8) is 0 Å². The Bertz CT molecular complexity index is 1450. The molecular weight excluding hydrogens is 513 g/mol. The maximum absolute atomic E-state index is 13.3.